The molecular formula is C20H24N6O. The SMILES string of the molecule is Cc1nccn1-c1ccc(CN=C(N)Nc2ccc(OC(C)C)cc2)cn1. The number of aromatic nitrogens is 3. The number of nitrogens with two attached hydrogens (primary N) is 1. The molecule has 0 aliphatic heterocycles. The second kappa shape index (κ2) is 8.35. The molecule has 0 radical (unpaired) electrons. The van der Waals surface area contributed by atoms with E-state index in [1.54, 1.807) is 12.4 Å². The highest BCUT2D eigenvalue weighted by Gasteiger charge is 2.02. The van der Waals surface area contributed by atoms with E-state index in [-0.39, 0.29) is 6.10 Å². The minimum Gasteiger partial charge on any atom is -0.491 e. The van der Waals surface area contributed by atoms with E-state index >= 15 is 0 Å². The largest absolute Gasteiger partial charge is 0.491 e. The average Bonchev–Trinajstić information content (AvgIpc) is 3.08. The van der Waals surface area contributed by atoms with E-state index in [4.69, 9.17) is 10.5 Å². The molecule has 0 amide bonds. The van der Waals surface area contributed by atoms with Crippen LogP contribution in [0.2, 0.25) is 0 Å². The number of aliphatic imine (C=N–C) groups is 1. The van der Waals surface area contributed by atoms with Crippen molar-refractivity contribution in [2.45, 2.75) is 33.4 Å². The predicted octanol–water partition coefficient (Wildman–Crippen LogP) is 3.29. The number of benzene rings is 1. The number of pyridine rings is 1. The zero-order valence-corrected chi connectivity index (χ0v) is 15.8. The molecule has 2 aromatic heterocycles. The van der Waals surface area contributed by atoms with Gasteiger partial charge in [0.25, 0.3) is 0 Å². The van der Waals surface area contributed by atoms with Gasteiger partial charge in [0, 0.05) is 24.3 Å². The Kier molecular flexibility index (Phi) is 5.71. The zero-order chi connectivity index (χ0) is 19.2. The molecule has 3 aromatic rings. The van der Waals surface area contributed by atoms with Crippen LogP contribution >= 0.6 is 0 Å². The number of nitrogens with zero attached hydrogens (tertiary/aromatic N) is 4. The molecule has 27 heavy (non-hydrogen) atoms. The fourth-order valence-corrected chi connectivity index (χ4v) is 2.53. The number of ether oxygens (including phenoxy) is 1. The van der Waals surface area contributed by atoms with Gasteiger partial charge < -0.3 is 15.8 Å². The topological polar surface area (TPSA) is 90.4 Å². The van der Waals surface area contributed by atoms with Crippen LogP contribution in [0, 0.1) is 6.92 Å². The maximum absolute atomic E-state index is 5.97. The molecule has 0 aliphatic carbocycles. The van der Waals surface area contributed by atoms with E-state index in [1.807, 2.05) is 67.9 Å². The number of hydrogen-bond acceptors (Lipinski definition) is 4. The van der Waals surface area contributed by atoms with Gasteiger partial charge in [0.1, 0.15) is 17.4 Å². The zero-order valence-electron chi connectivity index (χ0n) is 15.8. The van der Waals surface area contributed by atoms with Crippen molar-refractivity contribution in [3.63, 3.8) is 0 Å². The Hall–Kier alpha value is -3.35. The van der Waals surface area contributed by atoms with Crippen molar-refractivity contribution in [2.75, 3.05) is 5.32 Å². The monoisotopic (exact) mass is 364 g/mol. The Morgan fingerprint density at radius 1 is 1.19 bits per heavy atom. The third kappa shape index (κ3) is 5.07. The number of guanidine groups is 1. The molecule has 1 aromatic carbocycles. The predicted molar refractivity (Wildman–Crippen MR) is 107 cm³/mol. The van der Waals surface area contributed by atoms with Gasteiger partial charge in [-0.15, -0.1) is 0 Å². The van der Waals surface area contributed by atoms with Crippen LogP contribution in [0.3, 0.4) is 0 Å². The van der Waals surface area contributed by atoms with Crippen molar-refractivity contribution in [3.05, 3.63) is 66.4 Å². The number of imidazole rings is 1. The summed E-state index contributed by atoms with van der Waals surface area (Å²) in [5.41, 5.74) is 7.81. The highest BCUT2D eigenvalue weighted by atomic mass is 16.5. The van der Waals surface area contributed by atoms with Crippen LogP contribution < -0.4 is 15.8 Å². The van der Waals surface area contributed by atoms with Gasteiger partial charge in [-0.05, 0) is 56.7 Å². The molecule has 0 aliphatic rings. The van der Waals surface area contributed by atoms with E-state index in [9.17, 15) is 0 Å². The lowest BCUT2D eigenvalue weighted by molar-refractivity contribution is 0.242. The molecule has 0 saturated carbocycles. The number of hydrogen-bond donors (Lipinski definition) is 2. The molecular weight excluding hydrogens is 340 g/mol. The molecule has 3 rings (SSSR count). The highest BCUT2D eigenvalue weighted by molar-refractivity contribution is 5.92. The Bertz CT molecular complexity index is 897. The van der Waals surface area contributed by atoms with Gasteiger partial charge in [0.15, 0.2) is 5.96 Å². The van der Waals surface area contributed by atoms with E-state index in [1.165, 1.54) is 0 Å². The molecule has 0 unspecified atom stereocenters. The van der Waals surface area contributed by atoms with Gasteiger partial charge in [0.2, 0.25) is 0 Å². The molecule has 2 heterocycles. The maximum Gasteiger partial charge on any atom is 0.193 e. The molecule has 3 N–H and O–H groups in total. The van der Waals surface area contributed by atoms with Gasteiger partial charge in [0.05, 0.1) is 12.6 Å². The molecule has 7 nitrogen and oxygen atoms in total. The summed E-state index contributed by atoms with van der Waals surface area (Å²) in [7, 11) is 0. The summed E-state index contributed by atoms with van der Waals surface area (Å²) >= 11 is 0. The van der Waals surface area contributed by atoms with Crippen molar-refractivity contribution >= 4 is 11.6 Å². The normalized spacial score (nSPS) is 11.6. The summed E-state index contributed by atoms with van der Waals surface area (Å²) in [6, 6.07) is 11.5. The quantitative estimate of drug-likeness (QED) is 0.517. The molecule has 140 valence electrons. The van der Waals surface area contributed by atoms with Crippen LogP contribution in [0.5, 0.6) is 5.75 Å². The Morgan fingerprint density at radius 2 is 1.96 bits per heavy atom. The van der Waals surface area contributed by atoms with Crippen LogP contribution in [-0.4, -0.2) is 26.6 Å². The van der Waals surface area contributed by atoms with Gasteiger partial charge in [-0.25, -0.2) is 15.0 Å². The lowest BCUT2D eigenvalue weighted by atomic mass is 10.3. The van der Waals surface area contributed by atoms with E-state index in [0.29, 0.717) is 12.5 Å². The lowest BCUT2D eigenvalue weighted by Gasteiger charge is -2.11. The first-order valence-corrected chi connectivity index (χ1v) is 8.80. The van der Waals surface area contributed by atoms with Crippen LogP contribution in [-0.2, 0) is 6.54 Å². The summed E-state index contributed by atoms with van der Waals surface area (Å²) in [6.07, 6.45) is 5.58. The summed E-state index contributed by atoms with van der Waals surface area (Å²) < 4.78 is 7.55. The average molecular weight is 364 g/mol. The molecule has 0 spiro atoms. The minimum absolute atomic E-state index is 0.146. The minimum atomic E-state index is 0.146. The Labute approximate surface area is 158 Å². The first-order chi connectivity index (χ1) is 13.0. The molecule has 7 heteroatoms. The van der Waals surface area contributed by atoms with Gasteiger partial charge >= 0.3 is 0 Å². The van der Waals surface area contributed by atoms with Gasteiger partial charge in [-0.2, -0.15) is 0 Å². The van der Waals surface area contributed by atoms with Crippen molar-refractivity contribution < 1.29 is 4.74 Å². The van der Waals surface area contributed by atoms with E-state index < -0.39 is 0 Å². The third-order valence-corrected chi connectivity index (χ3v) is 3.81. The molecule has 0 fully saturated rings. The van der Waals surface area contributed by atoms with E-state index in [0.717, 1.165) is 28.6 Å². The first-order valence-electron chi connectivity index (χ1n) is 8.80. The van der Waals surface area contributed by atoms with Crippen LogP contribution in [0.25, 0.3) is 5.82 Å². The summed E-state index contributed by atoms with van der Waals surface area (Å²) in [4.78, 5) is 13.0. The third-order valence-electron chi connectivity index (χ3n) is 3.81. The number of rotatable bonds is 6. The highest BCUT2D eigenvalue weighted by Crippen LogP contribution is 2.16. The fraction of sp³-hybridized carbons (Fsp3) is 0.250. The van der Waals surface area contributed by atoms with Crippen LogP contribution in [0.1, 0.15) is 25.2 Å². The summed E-state index contributed by atoms with van der Waals surface area (Å²) in [6.45, 7) is 6.38. The summed E-state index contributed by atoms with van der Waals surface area (Å²) in [5.74, 6) is 2.89. The fourth-order valence-electron chi connectivity index (χ4n) is 2.53. The Balaban J connectivity index is 1.58. The van der Waals surface area contributed by atoms with Crippen LogP contribution in [0.15, 0.2) is 60.0 Å². The van der Waals surface area contributed by atoms with Crippen molar-refractivity contribution in [3.8, 4) is 11.6 Å². The maximum atomic E-state index is 5.97. The number of anilines is 1. The lowest BCUT2D eigenvalue weighted by Crippen LogP contribution is -2.22. The smallest absolute Gasteiger partial charge is 0.193 e. The van der Waals surface area contributed by atoms with Crippen LogP contribution in [0.4, 0.5) is 5.69 Å². The molecule has 0 saturated heterocycles. The van der Waals surface area contributed by atoms with Crippen molar-refractivity contribution in [1.29, 1.82) is 0 Å². The standard InChI is InChI=1S/C20H24N6O/c1-14(2)27-18-7-5-17(6-8-18)25-20(21)24-13-16-4-9-19(23-12-16)26-11-10-22-15(26)3/h4-12,14H,13H2,1-3H3,(H3,21,24,25). The van der Waals surface area contributed by atoms with Gasteiger partial charge in [-0.3, -0.25) is 4.57 Å². The second-order valence-electron chi connectivity index (χ2n) is 6.39. The second-order valence-corrected chi connectivity index (χ2v) is 6.39. The summed E-state index contributed by atoms with van der Waals surface area (Å²) in [5, 5.41) is 3.07. The molecule has 0 atom stereocenters. The van der Waals surface area contributed by atoms with Crippen molar-refractivity contribution in [1.82, 2.24) is 14.5 Å². The number of aryl methyl sites for hydroxylation is 1. The Morgan fingerprint density at radius 3 is 2.56 bits per heavy atom. The molecule has 0 bridgehead atoms. The number of nitrogens with one attached hydrogen (secondary N) is 1. The van der Waals surface area contributed by atoms with Crippen molar-refractivity contribution in [2.24, 2.45) is 10.7 Å². The van der Waals surface area contributed by atoms with E-state index in [2.05, 4.69) is 20.3 Å². The first kappa shape index (κ1) is 18.4. The van der Waals surface area contributed by atoms with Gasteiger partial charge in [-0.1, -0.05) is 6.07 Å².